The van der Waals surface area contributed by atoms with Crippen molar-refractivity contribution < 1.29 is 8.78 Å². The van der Waals surface area contributed by atoms with Gasteiger partial charge in [0.25, 0.3) is 0 Å². The van der Waals surface area contributed by atoms with Crippen LogP contribution in [0.3, 0.4) is 0 Å². The van der Waals surface area contributed by atoms with Gasteiger partial charge < -0.3 is 0 Å². The second kappa shape index (κ2) is 5.68. The number of benzene rings is 2. The van der Waals surface area contributed by atoms with Gasteiger partial charge in [-0.3, -0.25) is 0 Å². The van der Waals surface area contributed by atoms with Gasteiger partial charge in [0.1, 0.15) is 11.6 Å². The van der Waals surface area contributed by atoms with E-state index < -0.39 is 16.5 Å². The Morgan fingerprint density at radius 3 is 2.33 bits per heavy atom. The summed E-state index contributed by atoms with van der Waals surface area (Å²) < 4.78 is 27.4. The average Bonchev–Trinajstić information content (AvgIpc) is 2.33. The van der Waals surface area contributed by atoms with Crippen LogP contribution in [0.4, 0.5) is 8.78 Å². The highest BCUT2D eigenvalue weighted by Gasteiger charge is 2.19. The maximum Gasteiger partial charge on any atom is 0.137 e. The van der Waals surface area contributed by atoms with E-state index in [0.717, 1.165) is 12.1 Å². The third-order valence-corrected chi connectivity index (χ3v) is 4.43. The summed E-state index contributed by atoms with van der Waals surface area (Å²) in [4.78, 5) is -0.492. The van der Waals surface area contributed by atoms with Crippen LogP contribution in [-0.4, -0.2) is 0 Å². The van der Waals surface area contributed by atoms with Crippen molar-refractivity contribution in [2.24, 2.45) is 0 Å². The van der Waals surface area contributed by atoms with Crippen molar-refractivity contribution in [3.63, 3.8) is 0 Å². The number of rotatable bonds is 2. The normalized spacial score (nSPS) is 12.5. The van der Waals surface area contributed by atoms with Gasteiger partial charge in [-0.15, -0.1) is 0 Å². The zero-order chi connectivity index (χ0) is 13.3. The minimum atomic E-state index is -0.511. The molecule has 2 aromatic carbocycles. The zero-order valence-corrected chi connectivity index (χ0v) is 12.9. The van der Waals surface area contributed by atoms with Gasteiger partial charge in [0.2, 0.25) is 0 Å². The van der Waals surface area contributed by atoms with Gasteiger partial charge in [0.15, 0.2) is 0 Å². The number of hydrogen-bond donors (Lipinski definition) is 0. The first kappa shape index (κ1) is 14.0. The van der Waals surface area contributed by atoms with E-state index in [-0.39, 0.29) is 10.0 Å². The Hall–Kier alpha value is -0.450. The molecular weight excluding hydrogens is 389 g/mol. The zero-order valence-electron chi connectivity index (χ0n) is 8.93. The fourth-order valence-corrected chi connectivity index (χ4v) is 3.02. The molecule has 0 spiro atoms. The third-order valence-electron chi connectivity index (χ3n) is 2.49. The van der Waals surface area contributed by atoms with Crippen molar-refractivity contribution in [3.8, 4) is 0 Å². The van der Waals surface area contributed by atoms with Crippen LogP contribution in [0.2, 0.25) is 5.02 Å². The number of hydrogen-bond acceptors (Lipinski definition) is 0. The summed E-state index contributed by atoms with van der Waals surface area (Å²) in [5.41, 5.74) is 0.906. The Balaban J connectivity index is 2.50. The third kappa shape index (κ3) is 2.76. The van der Waals surface area contributed by atoms with Crippen molar-refractivity contribution in [1.29, 1.82) is 0 Å². The molecule has 0 nitrogen and oxygen atoms in total. The van der Waals surface area contributed by atoms with Crippen molar-refractivity contribution in [2.75, 3.05) is 0 Å². The smallest absolute Gasteiger partial charge is 0.137 e. The van der Waals surface area contributed by atoms with E-state index in [9.17, 15) is 8.78 Å². The minimum Gasteiger partial charge on any atom is -0.207 e. The fourth-order valence-electron chi connectivity index (χ4n) is 1.58. The Labute approximate surface area is 125 Å². The first-order valence-electron chi connectivity index (χ1n) is 5.03. The van der Waals surface area contributed by atoms with Gasteiger partial charge in [-0.2, -0.15) is 0 Å². The minimum absolute atomic E-state index is 0.0996. The van der Waals surface area contributed by atoms with Crippen LogP contribution in [0.25, 0.3) is 0 Å². The van der Waals surface area contributed by atoms with Crippen LogP contribution in [0, 0.1) is 11.6 Å². The molecular formula is C13H7Br2ClF2. The molecule has 0 amide bonds. The Kier molecular flexibility index (Phi) is 4.41. The SMILES string of the molecule is Fc1cc(C(Br)c2ccccc2Cl)c(F)cc1Br. The molecule has 1 atom stereocenters. The molecule has 1 unspecified atom stereocenters. The quantitative estimate of drug-likeness (QED) is 0.440. The second-order valence-electron chi connectivity index (χ2n) is 3.67. The van der Waals surface area contributed by atoms with Crippen molar-refractivity contribution in [3.05, 3.63) is 68.7 Å². The Bertz CT molecular complexity index is 587. The predicted molar refractivity (Wildman–Crippen MR) is 76.3 cm³/mol. The summed E-state index contributed by atoms with van der Waals surface area (Å²) in [5.74, 6) is -1.01. The number of halogens is 5. The molecule has 0 aliphatic heterocycles. The van der Waals surface area contributed by atoms with Gasteiger partial charge in [-0.1, -0.05) is 45.7 Å². The summed E-state index contributed by atoms with van der Waals surface area (Å²) in [6, 6.07) is 9.31. The molecule has 0 bridgehead atoms. The molecule has 0 radical (unpaired) electrons. The molecule has 0 aromatic heterocycles. The molecule has 0 aliphatic rings. The van der Waals surface area contributed by atoms with E-state index in [0.29, 0.717) is 10.6 Å². The lowest BCUT2D eigenvalue weighted by Crippen LogP contribution is -1.99. The van der Waals surface area contributed by atoms with E-state index in [1.54, 1.807) is 24.3 Å². The average molecular weight is 396 g/mol. The van der Waals surface area contributed by atoms with Crippen LogP contribution in [0.5, 0.6) is 0 Å². The maximum absolute atomic E-state index is 13.8. The second-order valence-corrected chi connectivity index (χ2v) is 5.85. The first-order valence-corrected chi connectivity index (χ1v) is 7.12. The molecule has 0 aliphatic carbocycles. The number of alkyl halides is 1. The van der Waals surface area contributed by atoms with Gasteiger partial charge in [-0.25, -0.2) is 8.78 Å². The largest absolute Gasteiger partial charge is 0.207 e. The van der Waals surface area contributed by atoms with E-state index in [4.69, 9.17) is 11.6 Å². The van der Waals surface area contributed by atoms with Crippen LogP contribution in [-0.2, 0) is 0 Å². The van der Waals surface area contributed by atoms with Crippen molar-refractivity contribution >= 4 is 43.5 Å². The molecule has 94 valence electrons. The van der Waals surface area contributed by atoms with Crippen LogP contribution in [0.1, 0.15) is 16.0 Å². The molecule has 2 rings (SSSR count). The van der Waals surface area contributed by atoms with E-state index in [2.05, 4.69) is 31.9 Å². The van der Waals surface area contributed by atoms with Crippen molar-refractivity contribution in [1.82, 2.24) is 0 Å². The van der Waals surface area contributed by atoms with Gasteiger partial charge in [0.05, 0.1) is 9.30 Å². The monoisotopic (exact) mass is 394 g/mol. The van der Waals surface area contributed by atoms with Crippen LogP contribution in [0.15, 0.2) is 40.9 Å². The fraction of sp³-hybridized carbons (Fsp3) is 0.0769. The highest BCUT2D eigenvalue weighted by molar-refractivity contribution is 9.10. The van der Waals surface area contributed by atoms with E-state index in [1.807, 2.05) is 0 Å². The maximum atomic E-state index is 13.8. The Morgan fingerprint density at radius 1 is 1.00 bits per heavy atom. The molecule has 0 fully saturated rings. The van der Waals surface area contributed by atoms with Crippen LogP contribution < -0.4 is 0 Å². The summed E-state index contributed by atoms with van der Waals surface area (Å²) >= 11 is 12.3. The molecule has 0 N–H and O–H groups in total. The topological polar surface area (TPSA) is 0 Å². The molecule has 0 heterocycles. The summed E-state index contributed by atoms with van der Waals surface area (Å²) in [6.07, 6.45) is 0. The standard InChI is InChI=1S/C13H7Br2ClF2/c14-9-6-11(17)8(5-12(9)18)13(15)7-3-1-2-4-10(7)16/h1-6,13H. The van der Waals surface area contributed by atoms with Gasteiger partial charge >= 0.3 is 0 Å². The Morgan fingerprint density at radius 2 is 1.67 bits per heavy atom. The highest BCUT2D eigenvalue weighted by atomic mass is 79.9. The first-order chi connectivity index (χ1) is 8.50. The molecule has 0 saturated heterocycles. The summed E-state index contributed by atoms with van der Waals surface area (Å²) in [5, 5.41) is 0.502. The van der Waals surface area contributed by atoms with Gasteiger partial charge in [0, 0.05) is 10.6 Å². The lowest BCUT2D eigenvalue weighted by Gasteiger charge is -2.14. The lowest BCUT2D eigenvalue weighted by atomic mass is 10.0. The molecule has 5 heteroatoms. The van der Waals surface area contributed by atoms with Gasteiger partial charge in [-0.05, 0) is 39.7 Å². The summed E-state index contributed by atoms with van der Waals surface area (Å²) in [6.45, 7) is 0. The molecule has 0 saturated carbocycles. The molecule has 18 heavy (non-hydrogen) atoms. The van der Waals surface area contributed by atoms with E-state index >= 15 is 0 Å². The van der Waals surface area contributed by atoms with E-state index in [1.165, 1.54) is 0 Å². The highest BCUT2D eigenvalue weighted by Crippen LogP contribution is 2.37. The summed E-state index contributed by atoms with van der Waals surface area (Å²) in [7, 11) is 0. The van der Waals surface area contributed by atoms with Crippen molar-refractivity contribution in [2.45, 2.75) is 4.83 Å². The predicted octanol–water partition coefficient (Wildman–Crippen LogP) is 5.87. The van der Waals surface area contributed by atoms with Crippen LogP contribution >= 0.6 is 43.5 Å². The molecule has 2 aromatic rings. The lowest BCUT2D eigenvalue weighted by molar-refractivity contribution is 0.583.